The summed E-state index contributed by atoms with van der Waals surface area (Å²) in [4.78, 5) is 22.6. The van der Waals surface area contributed by atoms with E-state index in [2.05, 4.69) is 48.2 Å². The molecule has 1 amide bonds. The molecule has 0 N–H and O–H groups in total. The van der Waals surface area contributed by atoms with E-state index in [1.165, 1.54) is 11.1 Å². The molecule has 148 valence electrons. The molecule has 0 saturated carbocycles. The SMILES string of the molecule is CC(C)c1ccc(CN2CCCC3(CC(C(=O)N(C)C(C)C)=NO3)C2)cc1. The van der Waals surface area contributed by atoms with Crippen molar-refractivity contribution >= 4 is 11.6 Å². The molecular formula is C22H33N3O2. The van der Waals surface area contributed by atoms with Crippen molar-refractivity contribution in [2.45, 2.75) is 71.1 Å². The summed E-state index contributed by atoms with van der Waals surface area (Å²) in [5.41, 5.74) is 2.93. The molecule has 3 rings (SSSR count). The first-order valence-electron chi connectivity index (χ1n) is 10.1. The van der Waals surface area contributed by atoms with Crippen LogP contribution in [0.3, 0.4) is 0 Å². The van der Waals surface area contributed by atoms with E-state index in [1.807, 2.05) is 20.9 Å². The zero-order valence-electron chi connectivity index (χ0n) is 17.4. The number of rotatable bonds is 5. The van der Waals surface area contributed by atoms with Gasteiger partial charge in [0.15, 0.2) is 5.60 Å². The highest BCUT2D eigenvalue weighted by Crippen LogP contribution is 2.34. The molecule has 0 bridgehead atoms. The predicted octanol–water partition coefficient (Wildman–Crippen LogP) is 3.79. The highest BCUT2D eigenvalue weighted by molar-refractivity contribution is 6.39. The number of nitrogens with zero attached hydrogens (tertiary/aromatic N) is 3. The first-order chi connectivity index (χ1) is 12.8. The van der Waals surface area contributed by atoms with E-state index in [9.17, 15) is 4.79 Å². The third-order valence-corrected chi connectivity index (χ3v) is 5.85. The Morgan fingerprint density at radius 3 is 2.59 bits per heavy atom. The Kier molecular flexibility index (Phi) is 5.89. The number of piperidine rings is 1. The van der Waals surface area contributed by atoms with Crippen molar-refractivity contribution in [1.29, 1.82) is 0 Å². The standard InChI is InChI=1S/C22H33N3O2/c1-16(2)19-9-7-18(8-10-19)14-25-12-6-11-22(15-25)13-20(23-27-22)21(26)24(5)17(3)4/h7-10,16-17H,6,11-15H2,1-5H3. The summed E-state index contributed by atoms with van der Waals surface area (Å²) in [6, 6.07) is 9.08. The number of hydrogen-bond donors (Lipinski definition) is 0. The van der Waals surface area contributed by atoms with Crippen LogP contribution in [-0.4, -0.2) is 53.2 Å². The summed E-state index contributed by atoms with van der Waals surface area (Å²) in [5.74, 6) is 0.546. The Hall–Kier alpha value is -1.88. The summed E-state index contributed by atoms with van der Waals surface area (Å²) in [6.45, 7) is 11.3. The van der Waals surface area contributed by atoms with Gasteiger partial charge < -0.3 is 9.74 Å². The van der Waals surface area contributed by atoms with Crippen LogP contribution in [0.15, 0.2) is 29.4 Å². The topological polar surface area (TPSA) is 45.1 Å². The van der Waals surface area contributed by atoms with E-state index in [0.717, 1.165) is 32.5 Å². The average molecular weight is 372 g/mol. The van der Waals surface area contributed by atoms with Gasteiger partial charge in [-0.1, -0.05) is 43.3 Å². The fraction of sp³-hybridized carbons (Fsp3) is 0.636. The number of likely N-dealkylation sites (tertiary alicyclic amines) is 1. The average Bonchev–Trinajstić information content (AvgIpc) is 3.04. The van der Waals surface area contributed by atoms with E-state index >= 15 is 0 Å². The molecule has 27 heavy (non-hydrogen) atoms. The lowest BCUT2D eigenvalue weighted by molar-refractivity contribution is -0.124. The van der Waals surface area contributed by atoms with E-state index < -0.39 is 0 Å². The quantitative estimate of drug-likeness (QED) is 0.791. The van der Waals surface area contributed by atoms with Gasteiger partial charge in [0, 0.05) is 32.6 Å². The monoisotopic (exact) mass is 371 g/mol. The van der Waals surface area contributed by atoms with Crippen LogP contribution in [0, 0.1) is 0 Å². The van der Waals surface area contributed by atoms with Crippen molar-refractivity contribution in [2.24, 2.45) is 5.16 Å². The van der Waals surface area contributed by atoms with Crippen molar-refractivity contribution in [3.05, 3.63) is 35.4 Å². The van der Waals surface area contributed by atoms with Crippen LogP contribution >= 0.6 is 0 Å². The summed E-state index contributed by atoms with van der Waals surface area (Å²) >= 11 is 0. The highest BCUT2D eigenvalue weighted by atomic mass is 16.7. The number of carbonyl (C=O) groups excluding carboxylic acids is 1. The van der Waals surface area contributed by atoms with Gasteiger partial charge in [-0.05, 0) is 50.3 Å². The van der Waals surface area contributed by atoms with Gasteiger partial charge in [0.1, 0.15) is 5.71 Å². The number of benzene rings is 1. The normalized spacial score (nSPS) is 23.0. The molecule has 2 aliphatic heterocycles. The molecule has 0 aliphatic carbocycles. The number of oxime groups is 1. The molecule has 0 aromatic heterocycles. The third kappa shape index (κ3) is 4.52. The second kappa shape index (κ2) is 8.01. The second-order valence-corrected chi connectivity index (χ2v) is 8.71. The Morgan fingerprint density at radius 2 is 1.96 bits per heavy atom. The lowest BCUT2D eigenvalue weighted by Gasteiger charge is -2.38. The van der Waals surface area contributed by atoms with Crippen molar-refractivity contribution in [2.75, 3.05) is 20.1 Å². The Morgan fingerprint density at radius 1 is 1.26 bits per heavy atom. The second-order valence-electron chi connectivity index (χ2n) is 8.71. The summed E-state index contributed by atoms with van der Waals surface area (Å²) in [5, 5.41) is 4.19. The van der Waals surface area contributed by atoms with Gasteiger partial charge in [-0.3, -0.25) is 9.69 Å². The zero-order chi connectivity index (χ0) is 19.6. The van der Waals surface area contributed by atoms with Crippen molar-refractivity contribution < 1.29 is 9.63 Å². The van der Waals surface area contributed by atoms with Crippen LogP contribution in [0.4, 0.5) is 0 Å². The molecule has 0 radical (unpaired) electrons. The Bertz CT molecular complexity index is 696. The van der Waals surface area contributed by atoms with Crippen molar-refractivity contribution in [3.8, 4) is 0 Å². The minimum atomic E-state index is -0.334. The lowest BCUT2D eigenvalue weighted by atomic mass is 9.87. The molecule has 2 aliphatic rings. The largest absolute Gasteiger partial charge is 0.387 e. The van der Waals surface area contributed by atoms with Crippen molar-refractivity contribution in [1.82, 2.24) is 9.80 Å². The molecule has 1 fully saturated rings. The molecule has 5 heteroatoms. The van der Waals surface area contributed by atoms with Crippen LogP contribution < -0.4 is 0 Å². The van der Waals surface area contributed by atoms with Crippen LogP contribution in [-0.2, 0) is 16.2 Å². The van der Waals surface area contributed by atoms with Crippen LogP contribution in [0.5, 0.6) is 0 Å². The van der Waals surface area contributed by atoms with Gasteiger partial charge in [0.05, 0.1) is 0 Å². The van der Waals surface area contributed by atoms with Gasteiger partial charge in [0.2, 0.25) is 0 Å². The first kappa shape index (κ1) is 19.9. The molecule has 1 atom stereocenters. The van der Waals surface area contributed by atoms with E-state index in [4.69, 9.17) is 4.84 Å². The summed E-state index contributed by atoms with van der Waals surface area (Å²) in [7, 11) is 1.83. The molecule has 1 aromatic carbocycles. The Balaban J connectivity index is 1.61. The molecule has 1 unspecified atom stereocenters. The molecule has 1 saturated heterocycles. The Labute approximate surface area is 163 Å². The maximum absolute atomic E-state index is 12.6. The maximum atomic E-state index is 12.6. The number of hydrogen-bond acceptors (Lipinski definition) is 4. The van der Waals surface area contributed by atoms with E-state index in [1.54, 1.807) is 4.90 Å². The zero-order valence-corrected chi connectivity index (χ0v) is 17.4. The molecule has 1 spiro atoms. The highest BCUT2D eigenvalue weighted by Gasteiger charge is 2.45. The fourth-order valence-corrected chi connectivity index (χ4v) is 3.88. The van der Waals surface area contributed by atoms with Crippen LogP contribution in [0.1, 0.15) is 64.0 Å². The number of carbonyl (C=O) groups is 1. The third-order valence-electron chi connectivity index (χ3n) is 5.85. The minimum Gasteiger partial charge on any atom is -0.387 e. The minimum absolute atomic E-state index is 0.0109. The molecular weight excluding hydrogens is 338 g/mol. The number of amides is 1. The van der Waals surface area contributed by atoms with E-state index in [0.29, 0.717) is 18.1 Å². The predicted molar refractivity (Wildman–Crippen MR) is 109 cm³/mol. The van der Waals surface area contributed by atoms with Gasteiger partial charge >= 0.3 is 0 Å². The van der Waals surface area contributed by atoms with E-state index in [-0.39, 0.29) is 17.6 Å². The first-order valence-corrected chi connectivity index (χ1v) is 10.1. The smallest absolute Gasteiger partial charge is 0.271 e. The summed E-state index contributed by atoms with van der Waals surface area (Å²) in [6.07, 6.45) is 2.65. The van der Waals surface area contributed by atoms with Crippen LogP contribution in [0.2, 0.25) is 0 Å². The van der Waals surface area contributed by atoms with Gasteiger partial charge in [-0.2, -0.15) is 0 Å². The molecule has 2 heterocycles. The van der Waals surface area contributed by atoms with Crippen LogP contribution in [0.25, 0.3) is 0 Å². The maximum Gasteiger partial charge on any atom is 0.271 e. The van der Waals surface area contributed by atoms with Gasteiger partial charge in [-0.25, -0.2) is 0 Å². The molecule has 5 nitrogen and oxygen atoms in total. The summed E-state index contributed by atoms with van der Waals surface area (Å²) < 4.78 is 0. The lowest BCUT2D eigenvalue weighted by Crippen LogP contribution is -2.48. The fourth-order valence-electron chi connectivity index (χ4n) is 3.88. The molecule has 1 aromatic rings. The van der Waals surface area contributed by atoms with Gasteiger partial charge in [0.25, 0.3) is 5.91 Å². The van der Waals surface area contributed by atoms with Gasteiger partial charge in [-0.15, -0.1) is 0 Å². The van der Waals surface area contributed by atoms with Crippen molar-refractivity contribution in [3.63, 3.8) is 0 Å².